The monoisotopic (exact) mass is 431 g/mol. The molecular weight excluding hydrogens is 398 g/mol. The predicted molar refractivity (Wildman–Crippen MR) is 118 cm³/mol. The molecule has 0 aromatic heterocycles. The van der Waals surface area contributed by atoms with E-state index in [4.69, 9.17) is 9.47 Å². The second-order valence-corrected chi connectivity index (χ2v) is 7.55. The number of amides is 3. The zero-order valence-electron chi connectivity index (χ0n) is 18.8. The second-order valence-electron chi connectivity index (χ2n) is 7.55. The van der Waals surface area contributed by atoms with Crippen molar-refractivity contribution in [3.8, 4) is 0 Å². The van der Waals surface area contributed by atoms with Crippen LogP contribution in [0.4, 0.5) is 10.5 Å². The first kappa shape index (κ1) is 24.4. The minimum absolute atomic E-state index is 0.0189. The maximum Gasteiger partial charge on any atom is 0.338 e. The van der Waals surface area contributed by atoms with E-state index in [0.29, 0.717) is 23.4 Å². The number of hydrogen-bond acceptors (Lipinski definition) is 5. The van der Waals surface area contributed by atoms with Gasteiger partial charge in [-0.05, 0) is 31.0 Å². The number of carbonyl (C=O) groups is 3. The third-order valence-corrected chi connectivity index (χ3v) is 5.28. The molecule has 3 amide bonds. The normalized spacial score (nSPS) is 16.2. The molecule has 8 heteroatoms. The molecule has 0 saturated heterocycles. The summed E-state index contributed by atoms with van der Waals surface area (Å²) in [6, 6.07) is 6.18. The molecule has 8 nitrogen and oxygen atoms in total. The number of benzene rings is 1. The minimum atomic E-state index is -0.641. The van der Waals surface area contributed by atoms with Crippen molar-refractivity contribution < 1.29 is 23.9 Å². The Kier molecular flexibility index (Phi) is 9.52. The summed E-state index contributed by atoms with van der Waals surface area (Å²) < 4.78 is 10.2. The summed E-state index contributed by atoms with van der Waals surface area (Å²) in [4.78, 5) is 38.5. The first-order valence-corrected chi connectivity index (χ1v) is 10.7. The molecule has 1 atom stereocenters. The van der Waals surface area contributed by atoms with Gasteiger partial charge in [-0.25, -0.2) is 9.59 Å². The number of urea groups is 1. The van der Waals surface area contributed by atoms with E-state index in [-0.39, 0.29) is 25.2 Å². The molecule has 170 valence electrons. The van der Waals surface area contributed by atoms with Crippen molar-refractivity contribution in [1.82, 2.24) is 10.2 Å². The van der Waals surface area contributed by atoms with Gasteiger partial charge in [-0.1, -0.05) is 38.3 Å². The molecule has 0 radical (unpaired) electrons. The average Bonchev–Trinajstić information content (AvgIpc) is 2.75. The highest BCUT2D eigenvalue weighted by molar-refractivity contribution is 5.95. The van der Waals surface area contributed by atoms with Gasteiger partial charge in [0.05, 0.1) is 18.2 Å². The molecule has 0 fully saturated rings. The average molecular weight is 432 g/mol. The number of esters is 1. The van der Waals surface area contributed by atoms with E-state index in [1.165, 1.54) is 12.0 Å². The Morgan fingerprint density at radius 2 is 1.84 bits per heavy atom. The van der Waals surface area contributed by atoms with Gasteiger partial charge >= 0.3 is 12.0 Å². The van der Waals surface area contributed by atoms with E-state index in [1.54, 1.807) is 38.2 Å². The maximum atomic E-state index is 12.7. The lowest BCUT2D eigenvalue weighted by Gasteiger charge is -2.33. The molecule has 31 heavy (non-hydrogen) atoms. The molecule has 1 aliphatic rings. The molecule has 0 saturated carbocycles. The Morgan fingerprint density at radius 1 is 1.13 bits per heavy atom. The molecule has 1 aromatic carbocycles. The highest BCUT2D eigenvalue weighted by Gasteiger charge is 2.35. The summed E-state index contributed by atoms with van der Waals surface area (Å²) in [7, 11) is 3.13. The van der Waals surface area contributed by atoms with Crippen molar-refractivity contribution in [1.29, 1.82) is 0 Å². The number of anilines is 1. The minimum Gasteiger partial charge on any atom is -0.460 e. The molecule has 2 N–H and O–H groups in total. The molecule has 1 aliphatic heterocycles. The summed E-state index contributed by atoms with van der Waals surface area (Å²) >= 11 is 0. The molecule has 1 heterocycles. The number of rotatable bonds is 11. The highest BCUT2D eigenvalue weighted by Crippen LogP contribution is 2.31. The molecule has 2 rings (SSSR count). The number of methoxy groups -OCH3 is 1. The quantitative estimate of drug-likeness (QED) is 0.411. The third kappa shape index (κ3) is 6.82. The number of hydrogen-bond donors (Lipinski definition) is 2. The Hall–Kier alpha value is -2.87. The van der Waals surface area contributed by atoms with Gasteiger partial charge < -0.3 is 25.0 Å². The standard InChI is InChI=1S/C23H33N3O5/c1-5-6-7-8-9-19(27)24-18-12-10-17(11-13-18)21-20(22(28)31-15-14-30-4)16(2)26(3)23(29)25-21/h10-13,21H,5-9,14-15H2,1-4H3,(H,24,27)(H,25,29). The lowest BCUT2D eigenvalue weighted by molar-refractivity contribution is -0.140. The van der Waals surface area contributed by atoms with E-state index in [0.717, 1.165) is 31.2 Å². The summed E-state index contributed by atoms with van der Waals surface area (Å²) in [6.07, 6.45) is 4.68. The van der Waals surface area contributed by atoms with Gasteiger partial charge in [-0.2, -0.15) is 0 Å². The van der Waals surface area contributed by atoms with Crippen LogP contribution in [-0.4, -0.2) is 50.2 Å². The fourth-order valence-corrected chi connectivity index (χ4v) is 3.34. The summed E-state index contributed by atoms with van der Waals surface area (Å²) in [5.74, 6) is -0.523. The number of ether oxygens (including phenoxy) is 2. The fourth-order valence-electron chi connectivity index (χ4n) is 3.34. The predicted octanol–water partition coefficient (Wildman–Crippen LogP) is 3.76. The number of nitrogens with one attached hydrogen (secondary N) is 2. The largest absolute Gasteiger partial charge is 0.460 e. The lowest BCUT2D eigenvalue weighted by atomic mass is 9.95. The molecule has 0 aliphatic carbocycles. The summed E-state index contributed by atoms with van der Waals surface area (Å²) in [5.41, 5.74) is 2.29. The smallest absolute Gasteiger partial charge is 0.338 e. The van der Waals surface area contributed by atoms with Crippen molar-refractivity contribution in [2.24, 2.45) is 0 Å². The Labute approximate surface area is 184 Å². The number of unbranched alkanes of at least 4 members (excludes halogenated alkanes) is 3. The van der Waals surface area contributed by atoms with Crippen molar-refractivity contribution in [2.45, 2.75) is 52.0 Å². The van der Waals surface area contributed by atoms with Crippen LogP contribution in [-0.2, 0) is 19.1 Å². The SMILES string of the molecule is CCCCCCC(=O)Nc1ccc(C2NC(=O)N(C)C(C)=C2C(=O)OCCOC)cc1. The number of carbonyl (C=O) groups excluding carboxylic acids is 3. The third-order valence-electron chi connectivity index (χ3n) is 5.28. The zero-order chi connectivity index (χ0) is 22.8. The molecule has 0 bridgehead atoms. The lowest BCUT2D eigenvalue weighted by Crippen LogP contribution is -2.46. The van der Waals surface area contributed by atoms with Crippen molar-refractivity contribution in [2.75, 3.05) is 32.7 Å². The van der Waals surface area contributed by atoms with Crippen LogP contribution < -0.4 is 10.6 Å². The van der Waals surface area contributed by atoms with Gasteiger partial charge in [-0.3, -0.25) is 4.79 Å². The fraction of sp³-hybridized carbons (Fsp3) is 0.522. The molecule has 1 unspecified atom stereocenters. The van der Waals surface area contributed by atoms with Crippen LogP contribution in [0.2, 0.25) is 0 Å². The zero-order valence-corrected chi connectivity index (χ0v) is 18.8. The van der Waals surface area contributed by atoms with Crippen LogP contribution in [0.1, 0.15) is 57.6 Å². The van der Waals surface area contributed by atoms with Crippen LogP contribution in [0.25, 0.3) is 0 Å². The van der Waals surface area contributed by atoms with E-state index >= 15 is 0 Å². The van der Waals surface area contributed by atoms with Crippen LogP contribution in [0.15, 0.2) is 35.5 Å². The van der Waals surface area contributed by atoms with E-state index in [9.17, 15) is 14.4 Å². The maximum absolute atomic E-state index is 12.7. The second kappa shape index (κ2) is 12.1. The first-order chi connectivity index (χ1) is 14.9. The van der Waals surface area contributed by atoms with Crippen LogP contribution in [0, 0.1) is 0 Å². The van der Waals surface area contributed by atoms with Gasteiger partial charge in [0, 0.05) is 32.0 Å². The summed E-state index contributed by atoms with van der Waals surface area (Å²) in [5, 5.41) is 5.73. The van der Waals surface area contributed by atoms with Gasteiger partial charge in [0.1, 0.15) is 6.61 Å². The Balaban J connectivity index is 2.12. The van der Waals surface area contributed by atoms with Crippen molar-refractivity contribution in [3.63, 3.8) is 0 Å². The van der Waals surface area contributed by atoms with Gasteiger partial charge in [-0.15, -0.1) is 0 Å². The summed E-state index contributed by atoms with van der Waals surface area (Å²) in [6.45, 7) is 4.26. The van der Waals surface area contributed by atoms with Gasteiger partial charge in [0.15, 0.2) is 0 Å². The Morgan fingerprint density at radius 3 is 2.48 bits per heavy atom. The van der Waals surface area contributed by atoms with E-state index in [2.05, 4.69) is 17.6 Å². The van der Waals surface area contributed by atoms with E-state index in [1.807, 2.05) is 0 Å². The van der Waals surface area contributed by atoms with Crippen LogP contribution in [0.3, 0.4) is 0 Å². The number of allylic oxidation sites excluding steroid dienone is 1. The van der Waals surface area contributed by atoms with Gasteiger partial charge in [0.25, 0.3) is 0 Å². The molecule has 0 spiro atoms. The molecule has 1 aromatic rings. The van der Waals surface area contributed by atoms with Crippen LogP contribution in [0.5, 0.6) is 0 Å². The topological polar surface area (TPSA) is 97.0 Å². The number of nitrogens with zero attached hydrogens (tertiary/aromatic N) is 1. The van der Waals surface area contributed by atoms with E-state index < -0.39 is 12.0 Å². The van der Waals surface area contributed by atoms with Gasteiger partial charge in [0.2, 0.25) is 5.91 Å². The Bertz CT molecular complexity index is 804. The molecular formula is C23H33N3O5. The first-order valence-electron chi connectivity index (χ1n) is 10.7. The highest BCUT2D eigenvalue weighted by atomic mass is 16.6. The van der Waals surface area contributed by atoms with Crippen molar-refractivity contribution >= 4 is 23.6 Å². The van der Waals surface area contributed by atoms with Crippen LogP contribution >= 0.6 is 0 Å². The van der Waals surface area contributed by atoms with Crippen molar-refractivity contribution in [3.05, 3.63) is 41.1 Å².